The van der Waals surface area contributed by atoms with Crippen LogP contribution in [0.15, 0.2) is 5.38 Å². The number of nitrogens with one attached hydrogen (secondary N) is 1. The number of hydrogen-bond donors (Lipinski definition) is 2. The van der Waals surface area contributed by atoms with Crippen LogP contribution < -0.4 is 5.32 Å². The maximum absolute atomic E-state index is 9.70. The van der Waals surface area contributed by atoms with Crippen molar-refractivity contribution in [2.24, 2.45) is 0 Å². The SMILES string of the molecule is O[C@H]1CCCC[C@H]1NCc1csnn1. The molecule has 0 aliphatic heterocycles. The van der Waals surface area contributed by atoms with Gasteiger partial charge in [0.15, 0.2) is 0 Å². The molecule has 2 N–H and O–H groups in total. The second kappa shape index (κ2) is 4.82. The molecule has 14 heavy (non-hydrogen) atoms. The minimum atomic E-state index is -0.185. The Hall–Kier alpha value is -0.520. The minimum absolute atomic E-state index is 0.185. The third kappa shape index (κ3) is 2.50. The van der Waals surface area contributed by atoms with E-state index in [9.17, 15) is 5.11 Å². The number of hydrogen-bond acceptors (Lipinski definition) is 5. The normalized spacial score (nSPS) is 27.8. The molecular weight excluding hydrogens is 198 g/mol. The Morgan fingerprint density at radius 3 is 3.07 bits per heavy atom. The standard InChI is InChI=1S/C9H15N3OS/c13-9-4-2-1-3-8(9)10-5-7-6-14-12-11-7/h6,8-10,13H,1-5H2/t8-,9+/m1/s1. The fraction of sp³-hybridized carbons (Fsp3) is 0.778. The number of aliphatic hydroxyl groups excluding tert-OH is 1. The third-order valence-electron chi connectivity index (χ3n) is 2.68. The van der Waals surface area contributed by atoms with Crippen LogP contribution in [0.5, 0.6) is 0 Å². The zero-order valence-corrected chi connectivity index (χ0v) is 8.83. The molecule has 1 fully saturated rings. The molecule has 0 bridgehead atoms. The number of aliphatic hydroxyl groups is 1. The van der Waals surface area contributed by atoms with Crippen LogP contribution in [-0.2, 0) is 6.54 Å². The highest BCUT2D eigenvalue weighted by Gasteiger charge is 2.22. The second-order valence-corrected chi connectivity index (χ2v) is 4.35. The van der Waals surface area contributed by atoms with Gasteiger partial charge in [0.1, 0.15) is 0 Å². The lowest BCUT2D eigenvalue weighted by Gasteiger charge is -2.28. The van der Waals surface area contributed by atoms with E-state index < -0.39 is 0 Å². The van der Waals surface area contributed by atoms with Crippen LogP contribution in [0.3, 0.4) is 0 Å². The lowest BCUT2D eigenvalue weighted by atomic mass is 9.92. The number of rotatable bonds is 3. The molecule has 2 rings (SSSR count). The average molecular weight is 213 g/mol. The van der Waals surface area contributed by atoms with Crippen LogP contribution in [0.2, 0.25) is 0 Å². The molecule has 1 heterocycles. The summed E-state index contributed by atoms with van der Waals surface area (Å²) in [6.07, 6.45) is 4.17. The quantitative estimate of drug-likeness (QED) is 0.784. The van der Waals surface area contributed by atoms with Crippen LogP contribution >= 0.6 is 11.5 Å². The Morgan fingerprint density at radius 2 is 2.36 bits per heavy atom. The van der Waals surface area contributed by atoms with Crippen molar-refractivity contribution in [1.82, 2.24) is 14.9 Å². The summed E-state index contributed by atoms with van der Waals surface area (Å²) in [5.41, 5.74) is 0.966. The van der Waals surface area contributed by atoms with E-state index in [0.29, 0.717) is 0 Å². The van der Waals surface area contributed by atoms with Gasteiger partial charge in [-0.2, -0.15) is 0 Å². The summed E-state index contributed by atoms with van der Waals surface area (Å²) in [6, 6.07) is 0.241. The molecule has 0 amide bonds. The van der Waals surface area contributed by atoms with Crippen LogP contribution in [0.4, 0.5) is 0 Å². The van der Waals surface area contributed by atoms with Gasteiger partial charge in [0.25, 0.3) is 0 Å². The summed E-state index contributed by atoms with van der Waals surface area (Å²) >= 11 is 1.36. The van der Waals surface area contributed by atoms with Crippen molar-refractivity contribution >= 4 is 11.5 Å². The van der Waals surface area contributed by atoms with Crippen molar-refractivity contribution in [3.05, 3.63) is 11.1 Å². The van der Waals surface area contributed by atoms with Gasteiger partial charge in [-0.25, -0.2) is 0 Å². The van der Waals surface area contributed by atoms with Crippen molar-refractivity contribution in [1.29, 1.82) is 0 Å². The zero-order chi connectivity index (χ0) is 9.80. The first-order valence-electron chi connectivity index (χ1n) is 5.03. The summed E-state index contributed by atoms with van der Waals surface area (Å²) < 4.78 is 3.79. The maximum atomic E-state index is 9.70. The van der Waals surface area contributed by atoms with Gasteiger partial charge >= 0.3 is 0 Å². The van der Waals surface area contributed by atoms with Crippen molar-refractivity contribution < 1.29 is 5.11 Å². The predicted octanol–water partition coefficient (Wildman–Crippen LogP) is 0.931. The minimum Gasteiger partial charge on any atom is -0.392 e. The van der Waals surface area contributed by atoms with Gasteiger partial charge in [-0.05, 0) is 24.4 Å². The Morgan fingerprint density at radius 1 is 1.50 bits per heavy atom. The van der Waals surface area contributed by atoms with Gasteiger partial charge in [0.2, 0.25) is 0 Å². The van der Waals surface area contributed by atoms with E-state index in [1.165, 1.54) is 18.0 Å². The summed E-state index contributed by atoms with van der Waals surface area (Å²) in [5.74, 6) is 0. The summed E-state index contributed by atoms with van der Waals surface area (Å²) in [5, 5.41) is 18.9. The van der Waals surface area contributed by atoms with Gasteiger partial charge in [-0.15, -0.1) is 5.10 Å². The molecule has 0 saturated heterocycles. The monoisotopic (exact) mass is 213 g/mol. The molecular formula is C9H15N3OS. The van der Waals surface area contributed by atoms with Crippen molar-refractivity contribution in [2.45, 2.75) is 44.4 Å². The topological polar surface area (TPSA) is 58.0 Å². The molecule has 2 atom stereocenters. The number of aromatic nitrogens is 2. The highest BCUT2D eigenvalue weighted by molar-refractivity contribution is 7.03. The zero-order valence-electron chi connectivity index (χ0n) is 8.02. The fourth-order valence-corrected chi connectivity index (χ4v) is 2.30. The molecule has 1 saturated carbocycles. The average Bonchev–Trinajstić information content (AvgIpc) is 2.69. The lowest BCUT2D eigenvalue weighted by molar-refractivity contribution is 0.0901. The largest absolute Gasteiger partial charge is 0.392 e. The van der Waals surface area contributed by atoms with E-state index in [2.05, 4.69) is 14.9 Å². The van der Waals surface area contributed by atoms with Gasteiger partial charge < -0.3 is 10.4 Å². The molecule has 0 aromatic carbocycles. The molecule has 0 spiro atoms. The Bertz CT molecular complexity index is 265. The molecule has 4 nitrogen and oxygen atoms in total. The van der Waals surface area contributed by atoms with Crippen LogP contribution in [0, 0.1) is 0 Å². The fourth-order valence-electron chi connectivity index (χ4n) is 1.85. The summed E-state index contributed by atoms with van der Waals surface area (Å²) in [7, 11) is 0. The van der Waals surface area contributed by atoms with E-state index in [-0.39, 0.29) is 12.1 Å². The van der Waals surface area contributed by atoms with Crippen LogP contribution in [0.25, 0.3) is 0 Å². The Balaban J connectivity index is 1.79. The highest BCUT2D eigenvalue weighted by Crippen LogP contribution is 2.18. The second-order valence-electron chi connectivity index (χ2n) is 3.74. The molecule has 1 aromatic heterocycles. The highest BCUT2D eigenvalue weighted by atomic mass is 32.1. The van der Waals surface area contributed by atoms with Gasteiger partial charge in [-0.1, -0.05) is 17.3 Å². The first-order chi connectivity index (χ1) is 6.86. The van der Waals surface area contributed by atoms with Gasteiger partial charge in [0.05, 0.1) is 11.8 Å². The van der Waals surface area contributed by atoms with Crippen molar-refractivity contribution in [3.8, 4) is 0 Å². The van der Waals surface area contributed by atoms with E-state index in [0.717, 1.165) is 31.5 Å². The summed E-state index contributed by atoms with van der Waals surface area (Å²) in [6.45, 7) is 0.720. The van der Waals surface area contributed by atoms with E-state index in [1.807, 2.05) is 5.38 Å². The Kier molecular flexibility index (Phi) is 3.44. The first kappa shape index (κ1) is 10.0. The van der Waals surface area contributed by atoms with Gasteiger partial charge in [0, 0.05) is 18.0 Å². The van der Waals surface area contributed by atoms with E-state index in [4.69, 9.17) is 0 Å². The lowest BCUT2D eigenvalue weighted by Crippen LogP contribution is -2.41. The number of nitrogens with zero attached hydrogens (tertiary/aromatic N) is 2. The van der Waals surface area contributed by atoms with E-state index >= 15 is 0 Å². The molecule has 1 aromatic rings. The molecule has 1 aliphatic rings. The smallest absolute Gasteiger partial charge is 0.0893 e. The molecule has 78 valence electrons. The molecule has 0 radical (unpaired) electrons. The van der Waals surface area contributed by atoms with Crippen LogP contribution in [-0.4, -0.2) is 26.8 Å². The molecule has 5 heteroatoms. The summed E-state index contributed by atoms with van der Waals surface area (Å²) in [4.78, 5) is 0. The van der Waals surface area contributed by atoms with E-state index in [1.54, 1.807) is 0 Å². The predicted molar refractivity (Wildman–Crippen MR) is 55.0 cm³/mol. The molecule has 0 unspecified atom stereocenters. The van der Waals surface area contributed by atoms with Crippen molar-refractivity contribution in [2.75, 3.05) is 0 Å². The van der Waals surface area contributed by atoms with Crippen LogP contribution in [0.1, 0.15) is 31.4 Å². The Labute approximate surface area is 87.5 Å². The third-order valence-corrected chi connectivity index (χ3v) is 3.23. The molecule has 1 aliphatic carbocycles. The van der Waals surface area contributed by atoms with Crippen molar-refractivity contribution in [3.63, 3.8) is 0 Å². The maximum Gasteiger partial charge on any atom is 0.0893 e. The first-order valence-corrected chi connectivity index (χ1v) is 5.87. The van der Waals surface area contributed by atoms with Gasteiger partial charge in [-0.3, -0.25) is 0 Å².